The Morgan fingerprint density at radius 2 is 2.08 bits per heavy atom. The molecule has 0 aromatic carbocycles. The largest absolute Gasteiger partial charge is 0.393 e. The topological polar surface area (TPSA) is 87.4 Å². The predicted octanol–water partition coefficient (Wildman–Crippen LogP) is 0.814. The van der Waals surface area contributed by atoms with Crippen molar-refractivity contribution in [2.75, 3.05) is 22.9 Å². The quantitative estimate of drug-likeness (QED) is 0.897. The van der Waals surface area contributed by atoms with Crippen LogP contribution in [0.5, 0.6) is 0 Å². The van der Waals surface area contributed by atoms with Gasteiger partial charge in [-0.05, 0) is 19.8 Å². The van der Waals surface area contributed by atoms with E-state index in [4.69, 9.17) is 0 Å². The molecule has 2 aliphatic heterocycles. The number of carbonyl (C=O) groups excluding carboxylic acids is 1. The van der Waals surface area contributed by atoms with Gasteiger partial charge in [-0.2, -0.15) is 5.10 Å². The van der Waals surface area contributed by atoms with E-state index < -0.39 is 0 Å². The number of aliphatic hydroxyl groups excluding tert-OH is 1. The van der Waals surface area contributed by atoms with Crippen LogP contribution in [-0.4, -0.2) is 50.0 Å². The number of aromatic nitrogens is 4. The highest BCUT2D eigenvalue weighted by Gasteiger charge is 2.32. The number of aryl methyl sites for hydroxylation is 1. The van der Waals surface area contributed by atoms with Gasteiger partial charge in [-0.1, -0.05) is 0 Å². The van der Waals surface area contributed by atoms with Crippen molar-refractivity contribution in [3.8, 4) is 0 Å². The summed E-state index contributed by atoms with van der Waals surface area (Å²) in [5, 5.41) is 13.8. The first kappa shape index (κ1) is 15.1. The molecule has 2 aromatic heterocycles. The monoisotopic (exact) mass is 328 g/mol. The summed E-state index contributed by atoms with van der Waals surface area (Å²) < 4.78 is 1.79. The number of aliphatic hydroxyl groups is 1. The molecule has 0 radical (unpaired) electrons. The van der Waals surface area contributed by atoms with Crippen LogP contribution >= 0.6 is 0 Å². The van der Waals surface area contributed by atoms with Crippen LogP contribution in [-0.2, 0) is 13.1 Å². The zero-order valence-electron chi connectivity index (χ0n) is 13.6. The summed E-state index contributed by atoms with van der Waals surface area (Å²) >= 11 is 0. The Kier molecular flexibility index (Phi) is 3.68. The smallest absolute Gasteiger partial charge is 0.262 e. The fourth-order valence-electron chi connectivity index (χ4n) is 3.16. The molecule has 0 aliphatic carbocycles. The lowest BCUT2D eigenvalue weighted by Crippen LogP contribution is -2.37. The van der Waals surface area contributed by atoms with Crippen LogP contribution in [0.15, 0.2) is 18.6 Å². The molecule has 24 heavy (non-hydrogen) atoms. The van der Waals surface area contributed by atoms with Gasteiger partial charge in [0.15, 0.2) is 0 Å². The molecule has 4 rings (SSSR count). The Bertz CT molecular complexity index is 766. The molecule has 2 aromatic rings. The van der Waals surface area contributed by atoms with Crippen molar-refractivity contribution < 1.29 is 9.90 Å². The Hall–Kier alpha value is -2.48. The Balaban J connectivity index is 1.57. The number of nitrogens with zero attached hydrogens (tertiary/aromatic N) is 6. The lowest BCUT2D eigenvalue weighted by molar-refractivity contribution is 0.0996. The third-order valence-corrected chi connectivity index (χ3v) is 4.64. The average Bonchev–Trinajstić information content (AvgIpc) is 3.20. The minimum Gasteiger partial charge on any atom is -0.393 e. The normalized spacial score (nSPS) is 18.3. The molecule has 2 aliphatic rings. The van der Waals surface area contributed by atoms with Crippen LogP contribution < -0.4 is 9.80 Å². The van der Waals surface area contributed by atoms with Gasteiger partial charge in [0.1, 0.15) is 0 Å². The number of hydrogen-bond donors (Lipinski definition) is 1. The lowest BCUT2D eigenvalue weighted by atomic mass is 10.1. The van der Waals surface area contributed by atoms with Crippen molar-refractivity contribution in [1.29, 1.82) is 0 Å². The molecule has 0 spiro atoms. The summed E-state index contributed by atoms with van der Waals surface area (Å²) in [6.07, 6.45) is 6.40. The van der Waals surface area contributed by atoms with Crippen LogP contribution in [0.1, 0.15) is 35.8 Å². The molecular formula is C16H20N6O2. The van der Waals surface area contributed by atoms with E-state index in [-0.39, 0.29) is 12.0 Å². The third kappa shape index (κ3) is 2.52. The van der Waals surface area contributed by atoms with Gasteiger partial charge in [0.2, 0.25) is 5.95 Å². The first-order valence-corrected chi connectivity index (χ1v) is 8.29. The van der Waals surface area contributed by atoms with Gasteiger partial charge in [0, 0.05) is 32.0 Å². The van der Waals surface area contributed by atoms with Crippen molar-refractivity contribution >= 4 is 17.5 Å². The highest BCUT2D eigenvalue weighted by atomic mass is 16.3. The highest BCUT2D eigenvalue weighted by molar-refractivity contribution is 6.09. The van der Waals surface area contributed by atoms with E-state index in [0.29, 0.717) is 18.1 Å². The molecular weight excluding hydrogens is 308 g/mol. The van der Waals surface area contributed by atoms with Crippen LogP contribution in [0, 0.1) is 0 Å². The van der Waals surface area contributed by atoms with Gasteiger partial charge >= 0.3 is 0 Å². The number of fused-ring (bicyclic) bond motifs is 1. The number of anilines is 2. The van der Waals surface area contributed by atoms with Gasteiger partial charge < -0.3 is 10.0 Å². The Morgan fingerprint density at radius 3 is 2.79 bits per heavy atom. The van der Waals surface area contributed by atoms with E-state index >= 15 is 0 Å². The number of amides is 1. The average molecular weight is 328 g/mol. The summed E-state index contributed by atoms with van der Waals surface area (Å²) in [6, 6.07) is 0. The molecule has 1 saturated heterocycles. The molecule has 1 N–H and O–H groups in total. The summed E-state index contributed by atoms with van der Waals surface area (Å²) in [4.78, 5) is 25.3. The summed E-state index contributed by atoms with van der Waals surface area (Å²) in [5.41, 5.74) is 2.09. The predicted molar refractivity (Wildman–Crippen MR) is 87.9 cm³/mol. The first-order chi connectivity index (χ1) is 11.7. The van der Waals surface area contributed by atoms with Gasteiger partial charge in [-0.3, -0.25) is 14.4 Å². The second kappa shape index (κ2) is 5.86. The van der Waals surface area contributed by atoms with Crippen molar-refractivity contribution in [1.82, 2.24) is 19.7 Å². The van der Waals surface area contributed by atoms with Gasteiger partial charge in [0.25, 0.3) is 5.91 Å². The number of hydrogen-bond acceptors (Lipinski definition) is 6. The Morgan fingerprint density at radius 1 is 1.29 bits per heavy atom. The molecule has 0 atom stereocenters. The van der Waals surface area contributed by atoms with E-state index in [1.54, 1.807) is 22.0 Å². The minimum absolute atomic E-state index is 0.0822. The minimum atomic E-state index is -0.233. The van der Waals surface area contributed by atoms with Crippen LogP contribution in [0.3, 0.4) is 0 Å². The van der Waals surface area contributed by atoms with E-state index in [1.807, 2.05) is 13.1 Å². The van der Waals surface area contributed by atoms with Crippen LogP contribution in [0.25, 0.3) is 0 Å². The molecule has 1 amide bonds. The third-order valence-electron chi connectivity index (χ3n) is 4.64. The van der Waals surface area contributed by atoms with E-state index in [2.05, 4.69) is 20.0 Å². The van der Waals surface area contributed by atoms with Gasteiger partial charge in [-0.25, -0.2) is 9.97 Å². The maximum atomic E-state index is 12.6. The molecule has 4 heterocycles. The number of rotatable bonds is 3. The lowest BCUT2D eigenvalue weighted by Gasteiger charge is -2.29. The molecule has 0 unspecified atom stereocenters. The van der Waals surface area contributed by atoms with Gasteiger partial charge in [0.05, 0.1) is 35.8 Å². The van der Waals surface area contributed by atoms with Crippen molar-refractivity contribution in [3.05, 3.63) is 29.8 Å². The standard InChI is InChI=1S/C16H20N6O2/c1-2-21-9-11(7-18-21)22-10-14-13(15(22)24)8-17-16(19-14)20-5-3-12(23)4-6-20/h7-9,12,23H,2-6,10H2,1H3. The zero-order chi connectivity index (χ0) is 16.7. The maximum Gasteiger partial charge on any atom is 0.262 e. The van der Waals surface area contributed by atoms with E-state index in [9.17, 15) is 9.90 Å². The van der Waals surface area contributed by atoms with Crippen molar-refractivity contribution in [2.45, 2.75) is 39.0 Å². The highest BCUT2D eigenvalue weighted by Crippen LogP contribution is 2.28. The van der Waals surface area contributed by atoms with Crippen molar-refractivity contribution in [2.24, 2.45) is 0 Å². The summed E-state index contributed by atoms with van der Waals surface area (Å²) in [7, 11) is 0. The van der Waals surface area contributed by atoms with Gasteiger partial charge in [-0.15, -0.1) is 0 Å². The Labute approximate surface area is 139 Å². The SMILES string of the molecule is CCn1cc(N2Cc3nc(N4CCC(O)CC4)ncc3C2=O)cn1. The van der Waals surface area contributed by atoms with Crippen molar-refractivity contribution in [3.63, 3.8) is 0 Å². The summed E-state index contributed by atoms with van der Waals surface area (Å²) in [6.45, 7) is 4.68. The molecule has 126 valence electrons. The zero-order valence-corrected chi connectivity index (χ0v) is 13.6. The molecule has 8 nitrogen and oxygen atoms in total. The van der Waals surface area contributed by atoms with Crippen LogP contribution in [0.4, 0.5) is 11.6 Å². The molecule has 1 fully saturated rings. The summed E-state index contributed by atoms with van der Waals surface area (Å²) in [5.74, 6) is 0.556. The molecule has 0 bridgehead atoms. The second-order valence-corrected chi connectivity index (χ2v) is 6.19. The molecule has 0 saturated carbocycles. The first-order valence-electron chi connectivity index (χ1n) is 8.29. The fourth-order valence-corrected chi connectivity index (χ4v) is 3.16. The number of carbonyl (C=O) groups is 1. The van der Waals surface area contributed by atoms with Crippen LogP contribution in [0.2, 0.25) is 0 Å². The second-order valence-electron chi connectivity index (χ2n) is 6.19. The maximum absolute atomic E-state index is 12.6. The van der Waals surface area contributed by atoms with E-state index in [1.165, 1.54) is 0 Å². The fraction of sp³-hybridized carbons (Fsp3) is 0.500. The number of piperidine rings is 1. The molecule has 8 heteroatoms. The van der Waals surface area contributed by atoms with E-state index in [0.717, 1.165) is 43.9 Å².